The van der Waals surface area contributed by atoms with Crippen LogP contribution in [0.4, 0.5) is 0 Å². The Morgan fingerprint density at radius 3 is 1.77 bits per heavy atom. The van der Waals surface area contributed by atoms with Crippen LogP contribution < -0.4 is 0 Å². The van der Waals surface area contributed by atoms with Crippen LogP contribution in [0.25, 0.3) is 130 Å². The van der Waals surface area contributed by atoms with Gasteiger partial charge in [0.15, 0.2) is 17.5 Å². The summed E-state index contributed by atoms with van der Waals surface area (Å²) in [6.07, 6.45) is 0. The highest BCUT2D eigenvalue weighted by Crippen LogP contribution is 2.52. The molecule has 4 nitrogen and oxygen atoms in total. The van der Waals surface area contributed by atoms with E-state index in [2.05, 4.69) is 190 Å². The maximum Gasteiger partial charge on any atom is 0.165 e. The fourth-order valence-electron chi connectivity index (χ4n) is 10.7. The lowest BCUT2D eigenvalue weighted by Crippen LogP contribution is -2.16. The first-order valence-corrected chi connectivity index (χ1v) is 24.0. The molecule has 0 radical (unpaired) electrons. The minimum Gasteiger partial charge on any atom is -0.456 e. The molecule has 1 aliphatic carbocycles. The van der Waals surface area contributed by atoms with Gasteiger partial charge in [0, 0.05) is 73.2 Å². The van der Waals surface area contributed by atoms with Crippen LogP contribution in [0.5, 0.6) is 0 Å². The van der Waals surface area contributed by atoms with Crippen molar-refractivity contribution < 1.29 is 4.42 Å². The maximum absolute atomic E-state index is 6.62. The van der Waals surface area contributed by atoms with Gasteiger partial charge < -0.3 is 4.42 Å². The second kappa shape index (κ2) is 14.1. The highest BCUT2D eigenvalue weighted by molar-refractivity contribution is 7.26. The molecule has 66 heavy (non-hydrogen) atoms. The fraction of sp³-hybridized carbons (Fsp3) is 0.0500. The third-order valence-corrected chi connectivity index (χ3v) is 16.1. The average Bonchev–Trinajstić information content (AvgIpc) is 4.12. The topological polar surface area (TPSA) is 51.8 Å². The molecular formula is C60H37N3OS2. The van der Waals surface area contributed by atoms with Crippen LogP contribution in [0, 0.1) is 0 Å². The van der Waals surface area contributed by atoms with Crippen molar-refractivity contribution in [2.75, 3.05) is 0 Å². The molecule has 0 saturated heterocycles. The Morgan fingerprint density at radius 2 is 0.939 bits per heavy atom. The molecule has 310 valence electrons. The number of hydrogen-bond donors (Lipinski definition) is 0. The molecule has 13 aromatic rings. The molecule has 0 unspecified atom stereocenters. The first kappa shape index (κ1) is 37.6. The molecular weight excluding hydrogens is 843 g/mol. The monoisotopic (exact) mass is 879 g/mol. The molecule has 0 N–H and O–H groups in total. The molecule has 0 amide bonds. The van der Waals surface area contributed by atoms with Crippen molar-refractivity contribution in [3.8, 4) is 67.5 Å². The number of benzene rings is 9. The van der Waals surface area contributed by atoms with E-state index in [1.165, 1.54) is 63.6 Å². The van der Waals surface area contributed by atoms with Gasteiger partial charge in [-0.15, -0.1) is 22.7 Å². The van der Waals surface area contributed by atoms with E-state index in [0.29, 0.717) is 17.5 Å². The summed E-state index contributed by atoms with van der Waals surface area (Å²) >= 11 is 3.59. The van der Waals surface area contributed by atoms with Gasteiger partial charge in [-0.05, 0) is 87.0 Å². The van der Waals surface area contributed by atoms with E-state index < -0.39 is 0 Å². The molecule has 4 heterocycles. The van der Waals surface area contributed by atoms with Crippen LogP contribution in [0.15, 0.2) is 192 Å². The second-order valence-electron chi connectivity index (χ2n) is 17.8. The summed E-state index contributed by atoms with van der Waals surface area (Å²) in [5, 5.41) is 6.80. The number of rotatable bonds is 5. The Morgan fingerprint density at radius 1 is 0.379 bits per heavy atom. The van der Waals surface area contributed by atoms with Crippen molar-refractivity contribution in [2.45, 2.75) is 19.3 Å². The molecule has 0 aliphatic heterocycles. The molecule has 0 bridgehead atoms. The van der Waals surface area contributed by atoms with Gasteiger partial charge in [0.2, 0.25) is 0 Å². The van der Waals surface area contributed by atoms with Crippen LogP contribution in [0.2, 0.25) is 0 Å². The van der Waals surface area contributed by atoms with Gasteiger partial charge in [-0.1, -0.05) is 159 Å². The van der Waals surface area contributed by atoms with E-state index in [1.54, 1.807) is 22.7 Å². The first-order valence-electron chi connectivity index (χ1n) is 22.3. The third kappa shape index (κ3) is 5.52. The normalized spacial score (nSPS) is 13.1. The van der Waals surface area contributed by atoms with Gasteiger partial charge in [0.1, 0.15) is 11.2 Å². The van der Waals surface area contributed by atoms with Gasteiger partial charge in [-0.25, -0.2) is 15.0 Å². The summed E-state index contributed by atoms with van der Waals surface area (Å²) < 4.78 is 11.5. The molecule has 14 rings (SSSR count). The van der Waals surface area contributed by atoms with E-state index in [4.69, 9.17) is 19.4 Å². The van der Waals surface area contributed by atoms with E-state index in [0.717, 1.165) is 59.8 Å². The fourth-order valence-corrected chi connectivity index (χ4v) is 13.1. The molecule has 0 spiro atoms. The lowest BCUT2D eigenvalue weighted by Gasteiger charge is -2.24. The Balaban J connectivity index is 0.937. The zero-order valence-corrected chi connectivity index (χ0v) is 37.6. The van der Waals surface area contributed by atoms with Gasteiger partial charge in [0.05, 0.1) is 0 Å². The highest BCUT2D eigenvalue weighted by Gasteiger charge is 2.37. The minimum absolute atomic E-state index is 0.0934. The molecule has 4 aromatic heterocycles. The summed E-state index contributed by atoms with van der Waals surface area (Å²) in [5.74, 6) is 1.89. The van der Waals surface area contributed by atoms with Crippen molar-refractivity contribution >= 4 is 85.0 Å². The first-order chi connectivity index (χ1) is 32.5. The Kier molecular flexibility index (Phi) is 8.04. The zero-order valence-electron chi connectivity index (χ0n) is 36.0. The Labute approximate surface area is 388 Å². The van der Waals surface area contributed by atoms with E-state index in [-0.39, 0.29) is 5.41 Å². The maximum atomic E-state index is 6.62. The van der Waals surface area contributed by atoms with Gasteiger partial charge in [-0.3, -0.25) is 0 Å². The van der Waals surface area contributed by atoms with E-state index in [1.807, 2.05) is 12.1 Å². The van der Waals surface area contributed by atoms with Crippen molar-refractivity contribution in [1.82, 2.24) is 15.0 Å². The third-order valence-electron chi connectivity index (χ3n) is 13.8. The standard InChI is InChI=1S/C60H37N3OS2/c1-60(2)47-22-6-3-13-38(47)40-17-9-16-37(55(40)60)35-29-27-34(28-30-35)36-31-32-48-46(33-36)53-43(19-11-23-49(53)64-48)57-61-58(44-20-12-26-52-54(44)42-15-5-8-25-51(42)65-52)63-59(62-57)45-21-10-18-41-39-14-4-7-24-50(39)66-56(41)45/h3-33H,1-2H3. The molecule has 0 saturated carbocycles. The molecule has 6 heteroatoms. The summed E-state index contributed by atoms with van der Waals surface area (Å²) in [4.78, 5) is 16.2. The van der Waals surface area contributed by atoms with Crippen LogP contribution in [0.1, 0.15) is 25.0 Å². The lowest BCUT2D eigenvalue weighted by atomic mass is 9.79. The average molecular weight is 880 g/mol. The Hall–Kier alpha value is -7.77. The zero-order chi connectivity index (χ0) is 43.7. The second-order valence-corrected chi connectivity index (χ2v) is 20.0. The van der Waals surface area contributed by atoms with Gasteiger partial charge in [0.25, 0.3) is 0 Å². The molecule has 1 aliphatic rings. The van der Waals surface area contributed by atoms with Crippen molar-refractivity contribution in [3.05, 3.63) is 199 Å². The number of hydrogen-bond acceptors (Lipinski definition) is 6. The van der Waals surface area contributed by atoms with Gasteiger partial charge in [-0.2, -0.15) is 0 Å². The molecule has 9 aromatic carbocycles. The highest BCUT2D eigenvalue weighted by atomic mass is 32.1. The van der Waals surface area contributed by atoms with Crippen LogP contribution in [-0.4, -0.2) is 15.0 Å². The molecule has 0 fully saturated rings. The van der Waals surface area contributed by atoms with Gasteiger partial charge >= 0.3 is 0 Å². The minimum atomic E-state index is -0.0934. The van der Waals surface area contributed by atoms with Crippen molar-refractivity contribution in [3.63, 3.8) is 0 Å². The number of aromatic nitrogens is 3. The predicted octanol–water partition coefficient (Wildman–Crippen LogP) is 17.1. The summed E-state index contributed by atoms with van der Waals surface area (Å²) in [6.45, 7) is 4.70. The van der Waals surface area contributed by atoms with E-state index in [9.17, 15) is 0 Å². The van der Waals surface area contributed by atoms with Crippen molar-refractivity contribution in [1.29, 1.82) is 0 Å². The summed E-state index contributed by atoms with van der Waals surface area (Å²) in [5.41, 5.74) is 14.6. The number of fused-ring (bicyclic) bond motifs is 12. The SMILES string of the molecule is CC1(C)c2ccccc2-c2cccc(-c3ccc(-c4ccc5oc6cccc(-c7nc(-c8cccc9c8sc8ccccc89)nc(-c8cccc9sc%10ccccc%10c89)n7)c6c5c4)cc3)c21. The van der Waals surface area contributed by atoms with Crippen molar-refractivity contribution in [2.24, 2.45) is 0 Å². The predicted molar refractivity (Wildman–Crippen MR) is 278 cm³/mol. The van der Waals surface area contributed by atoms with E-state index >= 15 is 0 Å². The number of furan rings is 1. The number of nitrogens with zero attached hydrogens (tertiary/aromatic N) is 3. The largest absolute Gasteiger partial charge is 0.456 e. The smallest absolute Gasteiger partial charge is 0.165 e. The summed E-state index contributed by atoms with van der Waals surface area (Å²) in [7, 11) is 0. The number of thiophene rings is 2. The van der Waals surface area contributed by atoms with Crippen LogP contribution >= 0.6 is 22.7 Å². The summed E-state index contributed by atoms with van der Waals surface area (Å²) in [6, 6.07) is 67.5. The Bertz CT molecular complexity index is 4150. The lowest BCUT2D eigenvalue weighted by molar-refractivity contribution is 0.662. The van der Waals surface area contributed by atoms with Crippen LogP contribution in [0.3, 0.4) is 0 Å². The quantitative estimate of drug-likeness (QED) is 0.173. The van der Waals surface area contributed by atoms with Crippen LogP contribution in [-0.2, 0) is 5.41 Å². The molecule has 0 atom stereocenters.